The molecule has 148 valence electrons. The molecule has 0 spiro atoms. The number of sulfone groups is 1. The van der Waals surface area contributed by atoms with E-state index in [2.05, 4.69) is 0 Å². The molecule has 1 saturated heterocycles. The first-order chi connectivity index (χ1) is 12.7. The molecule has 1 aliphatic rings. The quantitative estimate of drug-likeness (QED) is 0.515. The van der Waals surface area contributed by atoms with Gasteiger partial charge in [0, 0.05) is 19.2 Å². The van der Waals surface area contributed by atoms with Crippen molar-refractivity contribution >= 4 is 27.8 Å². The Kier molecular flexibility index (Phi) is 7.01. The van der Waals surface area contributed by atoms with E-state index in [1.807, 2.05) is 6.92 Å². The first-order valence-corrected chi connectivity index (χ1v) is 10.6. The van der Waals surface area contributed by atoms with Gasteiger partial charge >= 0.3 is 5.97 Å². The lowest BCUT2D eigenvalue weighted by Gasteiger charge is -2.26. The van der Waals surface area contributed by atoms with Crippen LogP contribution in [-0.2, 0) is 24.2 Å². The second-order valence-corrected chi connectivity index (χ2v) is 8.65. The molecule has 0 saturated carbocycles. The van der Waals surface area contributed by atoms with Crippen molar-refractivity contribution in [3.8, 4) is 5.75 Å². The van der Waals surface area contributed by atoms with E-state index >= 15 is 0 Å². The van der Waals surface area contributed by atoms with Crippen molar-refractivity contribution < 1.29 is 27.5 Å². The van der Waals surface area contributed by atoms with Crippen LogP contribution in [0.2, 0.25) is 0 Å². The van der Waals surface area contributed by atoms with Crippen molar-refractivity contribution in [2.45, 2.75) is 32.4 Å². The number of nitrogens with zero attached hydrogens (tertiary/aromatic N) is 1. The van der Waals surface area contributed by atoms with Crippen molar-refractivity contribution in [2.75, 3.05) is 25.2 Å². The zero-order valence-electron chi connectivity index (χ0n) is 15.8. The summed E-state index contributed by atoms with van der Waals surface area (Å²) in [6, 6.07) is 6.83. The number of carbonyl (C=O) groups is 2. The zero-order valence-corrected chi connectivity index (χ0v) is 16.6. The number of hydrogen-bond acceptors (Lipinski definition) is 6. The van der Waals surface area contributed by atoms with Crippen LogP contribution in [0.1, 0.15) is 25.8 Å². The van der Waals surface area contributed by atoms with Gasteiger partial charge in [-0.3, -0.25) is 4.79 Å². The molecular weight excluding hydrogens is 370 g/mol. The Bertz CT molecular complexity index is 800. The fourth-order valence-electron chi connectivity index (χ4n) is 2.82. The number of likely N-dealkylation sites (N-methyl/N-ethyl adjacent to an activating group) is 1. The van der Waals surface area contributed by atoms with Crippen LogP contribution >= 0.6 is 0 Å². The monoisotopic (exact) mass is 395 g/mol. The smallest absolute Gasteiger partial charge is 0.331 e. The molecule has 1 fully saturated rings. The molecule has 2 atom stereocenters. The minimum Gasteiger partial charge on any atom is -0.494 e. The molecule has 1 aromatic rings. The average molecular weight is 395 g/mol. The molecule has 1 aromatic carbocycles. The molecule has 0 aromatic heterocycles. The SMILES string of the molecule is CCOc1ccc(/C=C/C(=O)O[C@@H](C)C(=O)N(C)[C@@H]2CCS(=O)(=O)C2)cc1. The zero-order chi connectivity index (χ0) is 20.0. The van der Waals surface area contributed by atoms with Crippen LogP contribution in [0.4, 0.5) is 0 Å². The molecular formula is C19H25NO6S. The number of benzene rings is 1. The summed E-state index contributed by atoms with van der Waals surface area (Å²) in [7, 11) is -1.55. The fourth-order valence-corrected chi connectivity index (χ4v) is 4.59. The van der Waals surface area contributed by atoms with E-state index in [4.69, 9.17) is 9.47 Å². The van der Waals surface area contributed by atoms with Gasteiger partial charge < -0.3 is 14.4 Å². The van der Waals surface area contributed by atoms with Crippen molar-refractivity contribution in [3.05, 3.63) is 35.9 Å². The number of carbonyl (C=O) groups excluding carboxylic acids is 2. The second kappa shape index (κ2) is 9.03. The molecule has 1 amide bonds. The van der Waals surface area contributed by atoms with Crippen molar-refractivity contribution in [1.82, 2.24) is 4.90 Å². The molecule has 7 nitrogen and oxygen atoms in total. The Balaban J connectivity index is 1.87. The maximum Gasteiger partial charge on any atom is 0.331 e. The normalized spacial score (nSPS) is 19.6. The number of ether oxygens (including phenoxy) is 2. The topological polar surface area (TPSA) is 90.0 Å². The lowest BCUT2D eigenvalue weighted by molar-refractivity contribution is -0.155. The van der Waals surface area contributed by atoms with Crippen molar-refractivity contribution in [3.63, 3.8) is 0 Å². The Morgan fingerprint density at radius 2 is 1.96 bits per heavy atom. The summed E-state index contributed by atoms with van der Waals surface area (Å²) in [5.41, 5.74) is 0.794. The third kappa shape index (κ3) is 6.09. The van der Waals surface area contributed by atoms with Gasteiger partial charge in [-0.1, -0.05) is 12.1 Å². The predicted octanol–water partition coefficient (Wildman–Crippen LogP) is 1.68. The summed E-state index contributed by atoms with van der Waals surface area (Å²) < 4.78 is 33.6. The first kappa shape index (κ1) is 21.0. The molecule has 0 bridgehead atoms. The minimum absolute atomic E-state index is 0.0481. The van der Waals surface area contributed by atoms with Crippen LogP contribution in [0.15, 0.2) is 30.3 Å². The van der Waals surface area contributed by atoms with E-state index in [0.29, 0.717) is 13.0 Å². The molecule has 0 aliphatic carbocycles. The highest BCUT2D eigenvalue weighted by Gasteiger charge is 2.34. The molecule has 8 heteroatoms. The third-order valence-corrected chi connectivity index (χ3v) is 6.10. The van der Waals surface area contributed by atoms with E-state index in [-0.39, 0.29) is 17.5 Å². The summed E-state index contributed by atoms with van der Waals surface area (Å²) in [4.78, 5) is 25.7. The summed E-state index contributed by atoms with van der Waals surface area (Å²) >= 11 is 0. The van der Waals surface area contributed by atoms with Gasteiger partial charge in [-0.15, -0.1) is 0 Å². The second-order valence-electron chi connectivity index (χ2n) is 6.42. The van der Waals surface area contributed by atoms with E-state index in [9.17, 15) is 18.0 Å². The lowest BCUT2D eigenvalue weighted by Crippen LogP contribution is -2.44. The maximum atomic E-state index is 12.4. The summed E-state index contributed by atoms with van der Waals surface area (Å²) in [6.07, 6.45) is 2.25. The Hall–Kier alpha value is -2.35. The number of rotatable bonds is 7. The molecule has 27 heavy (non-hydrogen) atoms. The standard InChI is InChI=1S/C19H25NO6S/c1-4-25-17-8-5-15(6-9-17)7-10-18(21)26-14(2)19(22)20(3)16-11-12-27(23,24)13-16/h5-10,14,16H,4,11-13H2,1-3H3/b10-7+/t14-,16+/m0/s1. The largest absolute Gasteiger partial charge is 0.494 e. The van der Waals surface area contributed by atoms with Crippen LogP contribution in [0, 0.1) is 0 Å². The average Bonchev–Trinajstić information content (AvgIpc) is 3.00. The molecule has 0 N–H and O–H groups in total. The third-order valence-electron chi connectivity index (χ3n) is 4.35. The van der Waals surface area contributed by atoms with Gasteiger partial charge in [0.15, 0.2) is 15.9 Å². The lowest BCUT2D eigenvalue weighted by atomic mass is 10.2. The molecule has 1 aliphatic heterocycles. The van der Waals surface area contributed by atoms with Crippen LogP contribution in [0.5, 0.6) is 5.75 Å². The Labute approximate surface area is 159 Å². The van der Waals surface area contributed by atoms with Crippen molar-refractivity contribution in [2.24, 2.45) is 0 Å². The van der Waals surface area contributed by atoms with Crippen LogP contribution in [-0.4, -0.2) is 62.5 Å². The van der Waals surface area contributed by atoms with Gasteiger partial charge in [0.05, 0.1) is 18.1 Å². The molecule has 0 unspecified atom stereocenters. The van der Waals surface area contributed by atoms with Crippen LogP contribution < -0.4 is 4.74 Å². The highest BCUT2D eigenvalue weighted by molar-refractivity contribution is 7.91. The number of esters is 1. The maximum absolute atomic E-state index is 12.4. The van der Waals surface area contributed by atoms with Gasteiger partial charge in [0.1, 0.15) is 5.75 Å². The van der Waals surface area contributed by atoms with E-state index in [1.165, 1.54) is 24.9 Å². The van der Waals surface area contributed by atoms with Gasteiger partial charge in [0.25, 0.3) is 5.91 Å². The van der Waals surface area contributed by atoms with E-state index < -0.39 is 27.8 Å². The summed E-state index contributed by atoms with van der Waals surface area (Å²) in [5, 5.41) is 0. The predicted molar refractivity (Wildman–Crippen MR) is 102 cm³/mol. The highest BCUT2D eigenvalue weighted by atomic mass is 32.2. The Morgan fingerprint density at radius 1 is 1.30 bits per heavy atom. The Morgan fingerprint density at radius 3 is 2.52 bits per heavy atom. The molecule has 0 radical (unpaired) electrons. The van der Waals surface area contributed by atoms with Gasteiger partial charge in [-0.25, -0.2) is 13.2 Å². The fraction of sp³-hybridized carbons (Fsp3) is 0.474. The van der Waals surface area contributed by atoms with E-state index in [0.717, 1.165) is 11.3 Å². The number of hydrogen-bond donors (Lipinski definition) is 0. The number of amides is 1. The highest BCUT2D eigenvalue weighted by Crippen LogP contribution is 2.18. The van der Waals surface area contributed by atoms with Gasteiger partial charge in [-0.05, 0) is 44.0 Å². The minimum atomic E-state index is -3.09. The first-order valence-electron chi connectivity index (χ1n) is 8.80. The van der Waals surface area contributed by atoms with Gasteiger partial charge in [-0.2, -0.15) is 0 Å². The summed E-state index contributed by atoms with van der Waals surface area (Å²) in [6.45, 7) is 3.95. The summed E-state index contributed by atoms with van der Waals surface area (Å²) in [5.74, 6) is -0.285. The van der Waals surface area contributed by atoms with Crippen LogP contribution in [0.3, 0.4) is 0 Å². The van der Waals surface area contributed by atoms with Crippen molar-refractivity contribution in [1.29, 1.82) is 0 Å². The molecule has 1 heterocycles. The van der Waals surface area contributed by atoms with E-state index in [1.54, 1.807) is 30.3 Å². The van der Waals surface area contributed by atoms with Crippen LogP contribution in [0.25, 0.3) is 6.08 Å². The molecule has 2 rings (SSSR count). The van der Waals surface area contributed by atoms with Gasteiger partial charge in [0.2, 0.25) is 0 Å².